The van der Waals surface area contributed by atoms with Gasteiger partial charge >= 0.3 is 5.97 Å². The average Bonchev–Trinajstić information content (AvgIpc) is 2.77. The first kappa shape index (κ1) is 26.2. The third-order valence-electron chi connectivity index (χ3n) is 13.8. The van der Waals surface area contributed by atoms with Gasteiger partial charge in [-0.05, 0) is 117 Å². The van der Waals surface area contributed by atoms with Gasteiger partial charge in [0, 0.05) is 11.8 Å². The summed E-state index contributed by atoms with van der Waals surface area (Å²) in [5.74, 6) is 0.188. The minimum Gasteiger partial charge on any atom is -0.481 e. The zero-order chi connectivity index (χ0) is 26.6. The molecule has 0 saturated heterocycles. The molecule has 0 aromatic carbocycles. The molecule has 4 nitrogen and oxygen atoms in total. The number of fused-ring (bicyclic) bond motifs is 7. The molecule has 4 fully saturated rings. The zero-order valence-corrected chi connectivity index (χ0v) is 23.9. The largest absolute Gasteiger partial charge is 0.481 e. The number of rotatable bonds is 2. The number of carbonyl (C=O) groups is 3. The third kappa shape index (κ3) is 2.96. The first-order valence-corrected chi connectivity index (χ1v) is 14.6. The Morgan fingerprint density at radius 3 is 2.19 bits per heavy atom. The molecule has 11 atom stereocenters. The Morgan fingerprint density at radius 2 is 1.58 bits per heavy atom. The quantitative estimate of drug-likeness (QED) is 0.442. The molecule has 0 amide bonds. The van der Waals surface area contributed by atoms with E-state index in [-0.39, 0.29) is 39.6 Å². The van der Waals surface area contributed by atoms with Crippen LogP contribution in [-0.2, 0) is 14.4 Å². The fourth-order valence-corrected chi connectivity index (χ4v) is 11.3. The van der Waals surface area contributed by atoms with Crippen molar-refractivity contribution in [3.05, 3.63) is 11.6 Å². The van der Waals surface area contributed by atoms with Crippen LogP contribution < -0.4 is 0 Å². The van der Waals surface area contributed by atoms with Crippen molar-refractivity contribution in [3.63, 3.8) is 0 Å². The van der Waals surface area contributed by atoms with Crippen LogP contribution in [0.15, 0.2) is 11.6 Å². The van der Waals surface area contributed by atoms with Crippen LogP contribution in [0.3, 0.4) is 0 Å². The molecule has 0 aliphatic heterocycles. The molecule has 0 spiro atoms. The summed E-state index contributed by atoms with van der Waals surface area (Å²) in [5, 5.41) is 10.5. The fourth-order valence-electron chi connectivity index (χ4n) is 11.3. The lowest BCUT2D eigenvalue weighted by Gasteiger charge is -2.70. The predicted octanol–water partition coefficient (Wildman–Crippen LogP) is 7.11. The van der Waals surface area contributed by atoms with E-state index in [2.05, 4.69) is 47.6 Å². The molecule has 4 saturated carbocycles. The number of Topliss-reactive ketones (excluding diaryl/α,β-unsaturated/α-hetero) is 1. The van der Waals surface area contributed by atoms with Gasteiger partial charge in [0.05, 0.1) is 5.41 Å². The molecule has 3 unspecified atom stereocenters. The summed E-state index contributed by atoms with van der Waals surface area (Å²) < 4.78 is 0. The summed E-state index contributed by atoms with van der Waals surface area (Å²) in [5.41, 5.74) is -0.0945. The van der Waals surface area contributed by atoms with Gasteiger partial charge < -0.3 is 5.11 Å². The third-order valence-corrected chi connectivity index (χ3v) is 13.8. The minimum absolute atomic E-state index is 0.0219. The molecule has 0 bridgehead atoms. The first-order chi connectivity index (χ1) is 16.6. The van der Waals surface area contributed by atoms with Crippen molar-refractivity contribution in [2.24, 2.45) is 62.6 Å². The summed E-state index contributed by atoms with van der Waals surface area (Å²) in [7, 11) is 0. The number of carboxylic acid groups (broad SMARTS) is 1. The Kier molecular flexibility index (Phi) is 5.66. The van der Waals surface area contributed by atoms with E-state index in [1.54, 1.807) is 13.8 Å². The van der Waals surface area contributed by atoms with Crippen LogP contribution in [0.25, 0.3) is 0 Å². The van der Waals surface area contributed by atoms with Gasteiger partial charge in [0.1, 0.15) is 5.78 Å². The molecule has 5 rings (SSSR count). The summed E-state index contributed by atoms with van der Waals surface area (Å²) >= 11 is 0. The van der Waals surface area contributed by atoms with Crippen LogP contribution in [0.5, 0.6) is 0 Å². The van der Waals surface area contributed by atoms with E-state index in [4.69, 9.17) is 0 Å². The molecular formula is C32H48O4. The highest BCUT2D eigenvalue weighted by atomic mass is 16.4. The van der Waals surface area contributed by atoms with Crippen molar-refractivity contribution in [3.8, 4) is 0 Å². The maximum Gasteiger partial charge on any atom is 0.310 e. The van der Waals surface area contributed by atoms with E-state index in [0.717, 1.165) is 25.7 Å². The highest BCUT2D eigenvalue weighted by Gasteiger charge is 2.72. The Hall–Kier alpha value is -1.45. The Morgan fingerprint density at radius 1 is 0.917 bits per heavy atom. The van der Waals surface area contributed by atoms with Crippen molar-refractivity contribution in [1.82, 2.24) is 0 Å². The molecule has 0 heterocycles. The van der Waals surface area contributed by atoms with Crippen molar-refractivity contribution >= 4 is 17.5 Å². The van der Waals surface area contributed by atoms with Crippen LogP contribution in [0.2, 0.25) is 0 Å². The lowest BCUT2D eigenvalue weighted by molar-refractivity contribution is -0.206. The van der Waals surface area contributed by atoms with Gasteiger partial charge in [-0.1, -0.05) is 47.1 Å². The smallest absolute Gasteiger partial charge is 0.310 e. The summed E-state index contributed by atoms with van der Waals surface area (Å²) in [4.78, 5) is 39.8. The summed E-state index contributed by atoms with van der Waals surface area (Å²) in [6, 6.07) is 0. The summed E-state index contributed by atoms with van der Waals surface area (Å²) in [6.07, 6.45) is 9.87. The molecule has 1 N–H and O–H groups in total. The molecule has 36 heavy (non-hydrogen) atoms. The lowest BCUT2D eigenvalue weighted by atomic mass is 9.32. The molecule has 5 aliphatic rings. The van der Waals surface area contributed by atoms with Crippen LogP contribution >= 0.6 is 0 Å². The normalized spacial score (nSPS) is 54.3. The number of hydrogen-bond acceptors (Lipinski definition) is 3. The number of carboxylic acids is 1. The van der Waals surface area contributed by atoms with E-state index in [0.29, 0.717) is 24.2 Å². The van der Waals surface area contributed by atoms with Crippen molar-refractivity contribution < 1.29 is 19.5 Å². The summed E-state index contributed by atoms with van der Waals surface area (Å²) in [6.45, 7) is 17.7. The van der Waals surface area contributed by atoms with Crippen LogP contribution in [0.4, 0.5) is 0 Å². The number of allylic oxidation sites excluding steroid dienone is 2. The highest BCUT2D eigenvalue weighted by molar-refractivity contribution is 5.96. The van der Waals surface area contributed by atoms with E-state index in [1.165, 1.54) is 24.8 Å². The fraction of sp³-hybridized carbons (Fsp3) is 0.844. The molecule has 0 aromatic rings. The van der Waals surface area contributed by atoms with Crippen LogP contribution in [-0.4, -0.2) is 22.6 Å². The zero-order valence-electron chi connectivity index (χ0n) is 23.9. The molecule has 0 aromatic heterocycles. The number of ketones is 2. The molecular weight excluding hydrogens is 448 g/mol. The van der Waals surface area contributed by atoms with Gasteiger partial charge in [-0.3, -0.25) is 14.4 Å². The predicted molar refractivity (Wildman–Crippen MR) is 141 cm³/mol. The topological polar surface area (TPSA) is 71.4 Å². The monoisotopic (exact) mass is 496 g/mol. The van der Waals surface area contributed by atoms with Crippen molar-refractivity contribution in [1.29, 1.82) is 0 Å². The Balaban J connectivity index is 1.65. The molecule has 0 radical (unpaired) electrons. The van der Waals surface area contributed by atoms with E-state index in [9.17, 15) is 19.5 Å². The van der Waals surface area contributed by atoms with Crippen molar-refractivity contribution in [2.75, 3.05) is 0 Å². The number of carbonyl (C=O) groups excluding carboxylic acids is 2. The Bertz CT molecular complexity index is 1040. The maximum absolute atomic E-state index is 14.4. The van der Waals surface area contributed by atoms with Gasteiger partial charge in [0.15, 0.2) is 5.78 Å². The molecule has 4 heteroatoms. The second kappa shape index (κ2) is 7.79. The van der Waals surface area contributed by atoms with Crippen LogP contribution in [0, 0.1) is 62.6 Å². The van der Waals surface area contributed by atoms with Gasteiger partial charge in [-0.25, -0.2) is 0 Å². The SMILES string of the molecule is CC(=O)[C@@H]1CC[C@@]2(C)C(CC[C@]3(C)C2C(=O)C=C2C4[C@@H](C)[C@H](C)CC[C@]4(C)CC[C@]23C)[C@@]1(C)C(=O)O. The number of hydrogen-bond donors (Lipinski definition) is 1. The molecule has 200 valence electrons. The minimum atomic E-state index is -1.12. The molecule has 5 aliphatic carbocycles. The van der Waals surface area contributed by atoms with Crippen molar-refractivity contribution in [2.45, 2.75) is 107 Å². The number of aliphatic carboxylic acids is 1. The standard InChI is InChI=1S/C32H48O4/c1-18-9-12-28(4)15-16-30(6)22(25(28)19(18)2)17-23(34)26-29(5)13-10-21(20(3)33)32(8,27(35)36)24(29)11-14-31(26,30)7/h17-19,21,24-26H,9-16H2,1-8H3,(H,35,36)/t18-,19+,21+,24?,25?,26?,28-,29+,30-,31-,32+/m1/s1. The average molecular weight is 497 g/mol. The highest BCUT2D eigenvalue weighted by Crippen LogP contribution is 2.75. The van der Waals surface area contributed by atoms with Gasteiger partial charge in [0.2, 0.25) is 0 Å². The van der Waals surface area contributed by atoms with Gasteiger partial charge in [0.25, 0.3) is 0 Å². The second-order valence-electron chi connectivity index (χ2n) is 15.1. The van der Waals surface area contributed by atoms with Gasteiger partial charge in [-0.15, -0.1) is 0 Å². The Labute approximate surface area is 218 Å². The maximum atomic E-state index is 14.4. The lowest BCUT2D eigenvalue weighted by Crippen LogP contribution is -2.67. The van der Waals surface area contributed by atoms with Crippen LogP contribution in [0.1, 0.15) is 107 Å². The van der Waals surface area contributed by atoms with E-state index < -0.39 is 22.7 Å². The van der Waals surface area contributed by atoms with Gasteiger partial charge in [-0.2, -0.15) is 0 Å². The second-order valence-corrected chi connectivity index (χ2v) is 15.1. The van der Waals surface area contributed by atoms with E-state index >= 15 is 0 Å². The van der Waals surface area contributed by atoms with E-state index in [1.807, 2.05) is 0 Å². The first-order valence-electron chi connectivity index (χ1n) is 14.6.